The average molecular weight is 303 g/mol. The summed E-state index contributed by atoms with van der Waals surface area (Å²) in [5, 5.41) is 17.9. The van der Waals surface area contributed by atoms with E-state index in [1.165, 1.54) is 11.8 Å². The fourth-order valence-corrected chi connectivity index (χ4v) is 3.37. The summed E-state index contributed by atoms with van der Waals surface area (Å²) in [5.41, 5.74) is 0. The van der Waals surface area contributed by atoms with Gasteiger partial charge in [0.2, 0.25) is 0 Å². The minimum atomic E-state index is -0.825. The maximum Gasteiger partial charge on any atom is 0.313 e. The Bertz CT molecular complexity index is 410. The molecule has 1 N–H and O–H groups in total. The summed E-state index contributed by atoms with van der Waals surface area (Å²) in [6.07, 6.45) is 4.97. The van der Waals surface area contributed by atoms with Crippen molar-refractivity contribution in [2.75, 3.05) is 17.8 Å². The maximum atomic E-state index is 10.7. The maximum absolute atomic E-state index is 10.7. The van der Waals surface area contributed by atoms with Crippen molar-refractivity contribution in [2.45, 2.75) is 44.3 Å². The van der Waals surface area contributed by atoms with E-state index in [1.807, 2.05) is 0 Å². The van der Waals surface area contributed by atoms with Crippen LogP contribution in [0.25, 0.3) is 0 Å². The van der Waals surface area contributed by atoms with Gasteiger partial charge >= 0.3 is 5.97 Å². The van der Waals surface area contributed by atoms with E-state index in [2.05, 4.69) is 34.9 Å². The number of hydrogen-bond acceptors (Lipinski definition) is 5. The number of carboxylic acids is 1. The lowest BCUT2D eigenvalue weighted by Crippen LogP contribution is -2.15. The highest BCUT2D eigenvalue weighted by Gasteiger charge is 2.19. The SMILES string of the molecule is CCCc1nnc(SCC(=O)O)n1C(CC)CSC. The van der Waals surface area contributed by atoms with Gasteiger partial charge in [-0.2, -0.15) is 11.8 Å². The Hall–Kier alpha value is -0.690. The summed E-state index contributed by atoms with van der Waals surface area (Å²) < 4.78 is 2.13. The fourth-order valence-electron chi connectivity index (χ4n) is 1.86. The fraction of sp³-hybridized carbons (Fsp3) is 0.750. The lowest BCUT2D eigenvalue weighted by Gasteiger charge is -2.19. The Morgan fingerprint density at radius 2 is 2.16 bits per heavy atom. The molecular weight excluding hydrogens is 282 g/mol. The predicted molar refractivity (Wildman–Crippen MR) is 80.1 cm³/mol. The van der Waals surface area contributed by atoms with Crippen LogP contribution in [0, 0.1) is 0 Å². The molecule has 108 valence electrons. The van der Waals surface area contributed by atoms with Crippen LogP contribution in [0.5, 0.6) is 0 Å². The third-order valence-corrected chi connectivity index (χ3v) is 4.37. The van der Waals surface area contributed by atoms with Gasteiger partial charge in [0.15, 0.2) is 5.16 Å². The van der Waals surface area contributed by atoms with Crippen LogP contribution in [-0.4, -0.2) is 43.6 Å². The molecule has 0 saturated heterocycles. The summed E-state index contributed by atoms with van der Waals surface area (Å²) >= 11 is 3.04. The van der Waals surface area contributed by atoms with Crippen LogP contribution < -0.4 is 0 Å². The molecule has 0 aliphatic rings. The molecule has 0 aliphatic carbocycles. The predicted octanol–water partition coefficient (Wildman–Crippen LogP) is 2.72. The zero-order chi connectivity index (χ0) is 14.3. The standard InChI is InChI=1S/C12H21N3O2S2/c1-4-6-10-13-14-12(19-8-11(16)17)15(10)9(5-2)7-18-3/h9H,4-8H2,1-3H3,(H,16,17). The largest absolute Gasteiger partial charge is 0.481 e. The third kappa shape index (κ3) is 4.72. The van der Waals surface area contributed by atoms with Crippen LogP contribution >= 0.6 is 23.5 Å². The first-order valence-electron chi connectivity index (χ1n) is 6.41. The van der Waals surface area contributed by atoms with Gasteiger partial charge in [0.05, 0.1) is 5.75 Å². The Morgan fingerprint density at radius 1 is 1.42 bits per heavy atom. The number of thioether (sulfide) groups is 2. The van der Waals surface area contributed by atoms with E-state index in [1.54, 1.807) is 11.8 Å². The Morgan fingerprint density at radius 3 is 2.68 bits per heavy atom. The summed E-state index contributed by atoms with van der Waals surface area (Å²) in [6, 6.07) is 0.336. The van der Waals surface area contributed by atoms with Crippen molar-refractivity contribution in [3.8, 4) is 0 Å². The molecule has 0 aromatic carbocycles. The second-order valence-electron chi connectivity index (χ2n) is 4.22. The van der Waals surface area contributed by atoms with Gasteiger partial charge in [-0.3, -0.25) is 4.79 Å². The van der Waals surface area contributed by atoms with E-state index >= 15 is 0 Å². The van der Waals surface area contributed by atoms with Crippen molar-refractivity contribution in [3.63, 3.8) is 0 Å². The molecule has 19 heavy (non-hydrogen) atoms. The molecule has 1 rings (SSSR count). The summed E-state index contributed by atoms with van der Waals surface area (Å²) in [5.74, 6) is 1.16. The van der Waals surface area contributed by atoms with Crippen LogP contribution in [0.3, 0.4) is 0 Å². The molecule has 0 fully saturated rings. The topological polar surface area (TPSA) is 68.0 Å². The zero-order valence-corrected chi connectivity index (χ0v) is 13.3. The minimum Gasteiger partial charge on any atom is -0.481 e. The average Bonchev–Trinajstić information content (AvgIpc) is 2.77. The number of carbonyl (C=O) groups is 1. The van der Waals surface area contributed by atoms with Crippen LogP contribution in [0.4, 0.5) is 0 Å². The number of nitrogens with zero attached hydrogens (tertiary/aromatic N) is 3. The first kappa shape index (κ1) is 16.4. The molecule has 1 unspecified atom stereocenters. The lowest BCUT2D eigenvalue weighted by molar-refractivity contribution is -0.133. The number of aryl methyl sites for hydroxylation is 1. The van der Waals surface area contributed by atoms with Gasteiger partial charge < -0.3 is 9.67 Å². The summed E-state index contributed by atoms with van der Waals surface area (Å²) in [7, 11) is 0. The van der Waals surface area contributed by atoms with Crippen molar-refractivity contribution in [1.82, 2.24) is 14.8 Å². The van der Waals surface area contributed by atoms with E-state index in [4.69, 9.17) is 5.11 Å². The van der Waals surface area contributed by atoms with E-state index in [0.29, 0.717) is 6.04 Å². The van der Waals surface area contributed by atoms with Crippen LogP contribution in [0.1, 0.15) is 38.6 Å². The molecule has 0 amide bonds. The number of aliphatic carboxylic acids is 1. The third-order valence-electron chi connectivity index (χ3n) is 2.73. The van der Waals surface area contributed by atoms with E-state index in [0.717, 1.165) is 36.0 Å². The first-order valence-corrected chi connectivity index (χ1v) is 8.79. The van der Waals surface area contributed by atoms with Gasteiger partial charge in [-0.05, 0) is 19.1 Å². The minimum absolute atomic E-state index is 0.0277. The lowest BCUT2D eigenvalue weighted by atomic mass is 10.2. The second-order valence-corrected chi connectivity index (χ2v) is 6.07. The smallest absolute Gasteiger partial charge is 0.313 e. The molecule has 0 bridgehead atoms. The Kier molecular flexibility index (Phi) is 7.30. The Balaban J connectivity index is 2.98. The molecule has 1 aromatic rings. The molecule has 0 saturated carbocycles. The van der Waals surface area contributed by atoms with E-state index in [9.17, 15) is 4.79 Å². The molecule has 7 heteroatoms. The number of rotatable bonds is 9. The normalized spacial score (nSPS) is 12.6. The molecule has 0 aliphatic heterocycles. The van der Waals surface area contributed by atoms with Crippen molar-refractivity contribution < 1.29 is 9.90 Å². The summed E-state index contributed by atoms with van der Waals surface area (Å²) in [6.45, 7) is 4.25. The van der Waals surface area contributed by atoms with Crippen molar-refractivity contribution in [2.24, 2.45) is 0 Å². The monoisotopic (exact) mass is 303 g/mol. The zero-order valence-electron chi connectivity index (χ0n) is 11.6. The Labute approximate surface area is 122 Å². The first-order chi connectivity index (χ1) is 9.13. The van der Waals surface area contributed by atoms with Gasteiger partial charge in [0.25, 0.3) is 0 Å². The highest BCUT2D eigenvalue weighted by Crippen LogP contribution is 2.26. The molecular formula is C12H21N3O2S2. The van der Waals surface area contributed by atoms with Crippen molar-refractivity contribution in [3.05, 3.63) is 5.82 Å². The highest BCUT2D eigenvalue weighted by atomic mass is 32.2. The molecule has 0 spiro atoms. The number of hydrogen-bond donors (Lipinski definition) is 1. The molecule has 0 radical (unpaired) electrons. The van der Waals surface area contributed by atoms with E-state index < -0.39 is 5.97 Å². The van der Waals surface area contributed by atoms with Crippen LogP contribution in [-0.2, 0) is 11.2 Å². The van der Waals surface area contributed by atoms with Crippen LogP contribution in [0.15, 0.2) is 5.16 Å². The molecule has 1 aromatic heterocycles. The van der Waals surface area contributed by atoms with Gasteiger partial charge in [0, 0.05) is 18.2 Å². The molecule has 1 heterocycles. The van der Waals surface area contributed by atoms with Crippen LogP contribution in [0.2, 0.25) is 0 Å². The van der Waals surface area contributed by atoms with Gasteiger partial charge in [-0.25, -0.2) is 0 Å². The highest BCUT2D eigenvalue weighted by molar-refractivity contribution is 7.99. The molecule has 5 nitrogen and oxygen atoms in total. The van der Waals surface area contributed by atoms with Crippen molar-refractivity contribution >= 4 is 29.5 Å². The number of carboxylic acid groups (broad SMARTS) is 1. The summed E-state index contributed by atoms with van der Waals surface area (Å²) in [4.78, 5) is 10.7. The van der Waals surface area contributed by atoms with E-state index in [-0.39, 0.29) is 5.75 Å². The van der Waals surface area contributed by atoms with Gasteiger partial charge in [-0.15, -0.1) is 10.2 Å². The van der Waals surface area contributed by atoms with Gasteiger partial charge in [-0.1, -0.05) is 25.6 Å². The second kappa shape index (κ2) is 8.47. The van der Waals surface area contributed by atoms with Gasteiger partial charge in [0.1, 0.15) is 5.82 Å². The number of aromatic nitrogens is 3. The molecule has 1 atom stereocenters. The van der Waals surface area contributed by atoms with Crippen molar-refractivity contribution in [1.29, 1.82) is 0 Å². The quantitative estimate of drug-likeness (QED) is 0.707.